The molecule has 2 rings (SSSR count). The van der Waals surface area contributed by atoms with E-state index in [1.165, 1.54) is 21.4 Å². The molecule has 0 spiro atoms. The molecule has 0 saturated heterocycles. The molecule has 19 heavy (non-hydrogen) atoms. The van der Waals surface area contributed by atoms with Crippen LogP contribution in [0, 0.1) is 19.7 Å². The second kappa shape index (κ2) is 6.31. The van der Waals surface area contributed by atoms with Crippen LogP contribution in [-0.2, 0) is 0 Å². The molecule has 102 valence electrons. The highest BCUT2D eigenvalue weighted by Gasteiger charge is 2.18. The standard InChI is InChI=1S/C16H20FNS/c1-4-8-18-15(13-6-5-7-14(17)10-13)16-11(2)9-12(3)19-16/h5-7,9-10,15,18H,4,8H2,1-3H3. The van der Waals surface area contributed by atoms with Crippen molar-refractivity contribution in [3.8, 4) is 0 Å². The van der Waals surface area contributed by atoms with Gasteiger partial charge in [0.05, 0.1) is 6.04 Å². The maximum Gasteiger partial charge on any atom is 0.123 e. The summed E-state index contributed by atoms with van der Waals surface area (Å²) in [4.78, 5) is 2.59. The quantitative estimate of drug-likeness (QED) is 0.842. The van der Waals surface area contributed by atoms with Gasteiger partial charge in [-0.2, -0.15) is 0 Å². The lowest BCUT2D eigenvalue weighted by Gasteiger charge is -2.19. The SMILES string of the molecule is CCCNC(c1cccc(F)c1)c1sc(C)cc1C. The van der Waals surface area contributed by atoms with E-state index in [1.807, 2.05) is 6.07 Å². The van der Waals surface area contributed by atoms with Crippen LogP contribution in [0.15, 0.2) is 30.3 Å². The molecule has 1 atom stereocenters. The molecule has 1 unspecified atom stereocenters. The van der Waals surface area contributed by atoms with Gasteiger partial charge >= 0.3 is 0 Å². The zero-order valence-corrected chi connectivity index (χ0v) is 12.5. The molecule has 1 nitrogen and oxygen atoms in total. The van der Waals surface area contributed by atoms with Crippen LogP contribution in [0.2, 0.25) is 0 Å². The summed E-state index contributed by atoms with van der Waals surface area (Å²) in [6.45, 7) is 7.31. The summed E-state index contributed by atoms with van der Waals surface area (Å²) < 4.78 is 13.4. The zero-order chi connectivity index (χ0) is 13.8. The Hall–Kier alpha value is -1.19. The number of hydrogen-bond acceptors (Lipinski definition) is 2. The first-order valence-corrected chi connectivity index (χ1v) is 7.49. The van der Waals surface area contributed by atoms with Crippen molar-refractivity contribution in [2.45, 2.75) is 33.2 Å². The predicted molar refractivity (Wildman–Crippen MR) is 80.3 cm³/mol. The molecule has 0 aliphatic carbocycles. The van der Waals surface area contributed by atoms with E-state index in [4.69, 9.17) is 0 Å². The lowest BCUT2D eigenvalue weighted by atomic mass is 10.0. The Morgan fingerprint density at radius 3 is 2.63 bits per heavy atom. The van der Waals surface area contributed by atoms with Gasteiger partial charge in [0.2, 0.25) is 0 Å². The molecule has 1 aromatic carbocycles. The van der Waals surface area contributed by atoms with E-state index in [-0.39, 0.29) is 11.9 Å². The van der Waals surface area contributed by atoms with Crippen LogP contribution in [0.25, 0.3) is 0 Å². The van der Waals surface area contributed by atoms with Gasteiger partial charge in [0, 0.05) is 9.75 Å². The van der Waals surface area contributed by atoms with Crippen molar-refractivity contribution < 1.29 is 4.39 Å². The van der Waals surface area contributed by atoms with E-state index in [9.17, 15) is 4.39 Å². The highest BCUT2D eigenvalue weighted by atomic mass is 32.1. The average molecular weight is 277 g/mol. The molecule has 0 aliphatic rings. The Balaban J connectivity index is 2.38. The monoisotopic (exact) mass is 277 g/mol. The Labute approximate surface area is 118 Å². The molecule has 0 aliphatic heterocycles. The number of nitrogens with one attached hydrogen (secondary N) is 1. The van der Waals surface area contributed by atoms with Crippen molar-refractivity contribution in [2.24, 2.45) is 0 Å². The van der Waals surface area contributed by atoms with Gasteiger partial charge in [-0.3, -0.25) is 0 Å². The van der Waals surface area contributed by atoms with Crippen molar-refractivity contribution in [2.75, 3.05) is 6.54 Å². The highest BCUT2D eigenvalue weighted by molar-refractivity contribution is 7.12. The maximum absolute atomic E-state index is 13.4. The molecule has 0 bridgehead atoms. The van der Waals surface area contributed by atoms with Crippen LogP contribution in [0.1, 0.15) is 40.3 Å². The fourth-order valence-electron chi connectivity index (χ4n) is 2.28. The molecule has 2 aromatic rings. The smallest absolute Gasteiger partial charge is 0.123 e. The number of thiophene rings is 1. The van der Waals surface area contributed by atoms with Gasteiger partial charge in [-0.15, -0.1) is 11.3 Å². The number of halogens is 1. The average Bonchev–Trinajstić information content (AvgIpc) is 2.69. The van der Waals surface area contributed by atoms with Crippen LogP contribution in [-0.4, -0.2) is 6.54 Å². The number of benzene rings is 1. The third kappa shape index (κ3) is 3.43. The van der Waals surface area contributed by atoms with Crippen LogP contribution in [0.4, 0.5) is 4.39 Å². The Bertz CT molecular complexity index is 547. The van der Waals surface area contributed by atoms with Gasteiger partial charge in [0.1, 0.15) is 5.82 Å². The summed E-state index contributed by atoms with van der Waals surface area (Å²) in [6, 6.07) is 9.18. The van der Waals surface area contributed by atoms with Crippen LogP contribution < -0.4 is 5.32 Å². The summed E-state index contributed by atoms with van der Waals surface area (Å²) in [6.07, 6.45) is 1.06. The van der Waals surface area contributed by atoms with E-state index in [0.29, 0.717) is 0 Å². The topological polar surface area (TPSA) is 12.0 Å². The molecule has 0 amide bonds. The van der Waals surface area contributed by atoms with E-state index >= 15 is 0 Å². The minimum absolute atomic E-state index is 0.0920. The Kier molecular flexibility index (Phi) is 4.72. The first-order valence-electron chi connectivity index (χ1n) is 6.67. The summed E-state index contributed by atoms with van der Waals surface area (Å²) in [5.41, 5.74) is 2.28. The normalized spacial score (nSPS) is 12.6. The van der Waals surface area contributed by atoms with Crippen molar-refractivity contribution in [3.05, 3.63) is 57.0 Å². The van der Waals surface area contributed by atoms with E-state index in [1.54, 1.807) is 23.5 Å². The van der Waals surface area contributed by atoms with Gasteiger partial charge < -0.3 is 5.32 Å². The van der Waals surface area contributed by atoms with Crippen molar-refractivity contribution in [1.82, 2.24) is 5.32 Å². The molecule has 0 saturated carbocycles. The molecular formula is C16H20FNS. The maximum atomic E-state index is 13.4. The molecule has 0 fully saturated rings. The number of aryl methyl sites for hydroxylation is 2. The molecule has 1 N–H and O–H groups in total. The second-order valence-corrected chi connectivity index (χ2v) is 6.13. The van der Waals surface area contributed by atoms with E-state index < -0.39 is 0 Å². The van der Waals surface area contributed by atoms with Gasteiger partial charge in [-0.1, -0.05) is 19.1 Å². The number of rotatable bonds is 5. The highest BCUT2D eigenvalue weighted by Crippen LogP contribution is 2.32. The molecule has 1 heterocycles. The van der Waals surface area contributed by atoms with E-state index in [0.717, 1.165) is 18.5 Å². The lowest BCUT2D eigenvalue weighted by Crippen LogP contribution is -2.23. The second-order valence-electron chi connectivity index (χ2n) is 4.85. The molecule has 3 heteroatoms. The molecule has 0 radical (unpaired) electrons. The zero-order valence-electron chi connectivity index (χ0n) is 11.7. The predicted octanol–water partition coefficient (Wildman–Crippen LogP) is 4.59. The minimum Gasteiger partial charge on any atom is -0.306 e. The van der Waals surface area contributed by atoms with Gasteiger partial charge in [0.15, 0.2) is 0 Å². The minimum atomic E-state index is -0.174. The Morgan fingerprint density at radius 2 is 2.05 bits per heavy atom. The summed E-state index contributed by atoms with van der Waals surface area (Å²) in [5, 5.41) is 3.53. The van der Waals surface area contributed by atoms with Crippen LogP contribution in [0.5, 0.6) is 0 Å². The largest absolute Gasteiger partial charge is 0.306 e. The third-order valence-corrected chi connectivity index (χ3v) is 4.34. The summed E-state index contributed by atoms with van der Waals surface area (Å²) in [7, 11) is 0. The van der Waals surface area contributed by atoms with Crippen LogP contribution >= 0.6 is 11.3 Å². The van der Waals surface area contributed by atoms with Gasteiger partial charge in [0.25, 0.3) is 0 Å². The third-order valence-electron chi connectivity index (χ3n) is 3.12. The first-order chi connectivity index (χ1) is 9.11. The van der Waals surface area contributed by atoms with Gasteiger partial charge in [-0.25, -0.2) is 4.39 Å². The van der Waals surface area contributed by atoms with Crippen molar-refractivity contribution in [3.63, 3.8) is 0 Å². The number of hydrogen-bond donors (Lipinski definition) is 1. The summed E-state index contributed by atoms with van der Waals surface area (Å²) >= 11 is 1.79. The van der Waals surface area contributed by atoms with Crippen molar-refractivity contribution in [1.29, 1.82) is 0 Å². The van der Waals surface area contributed by atoms with E-state index in [2.05, 4.69) is 32.2 Å². The first kappa shape index (κ1) is 14.2. The molecular weight excluding hydrogens is 257 g/mol. The Morgan fingerprint density at radius 1 is 1.26 bits per heavy atom. The van der Waals surface area contributed by atoms with Gasteiger partial charge in [-0.05, 0) is 56.1 Å². The fourth-order valence-corrected chi connectivity index (χ4v) is 3.42. The fraction of sp³-hybridized carbons (Fsp3) is 0.375. The van der Waals surface area contributed by atoms with Crippen LogP contribution in [0.3, 0.4) is 0 Å². The summed E-state index contributed by atoms with van der Waals surface area (Å²) in [5.74, 6) is -0.174. The lowest BCUT2D eigenvalue weighted by molar-refractivity contribution is 0.589. The van der Waals surface area contributed by atoms with Crippen molar-refractivity contribution >= 4 is 11.3 Å². The molecule has 1 aromatic heterocycles.